The molecule has 4 heteroatoms. The fourth-order valence-electron chi connectivity index (χ4n) is 1.32. The number of aliphatic hydroxyl groups is 2. The van der Waals surface area contributed by atoms with E-state index < -0.39 is 12.9 Å². The zero-order chi connectivity index (χ0) is 8.54. The van der Waals surface area contributed by atoms with E-state index >= 15 is 0 Å². The summed E-state index contributed by atoms with van der Waals surface area (Å²) < 4.78 is 11.7. The first-order chi connectivity index (χ1) is 4.97. The first-order valence-corrected chi connectivity index (χ1v) is 6.26. The van der Waals surface area contributed by atoms with Crippen LogP contribution >= 0.6 is 7.14 Å². The molecule has 0 aromatic carbocycles. The van der Waals surface area contributed by atoms with Crippen LogP contribution in [0.4, 0.5) is 0 Å². The summed E-state index contributed by atoms with van der Waals surface area (Å²) in [5, 5.41) is 18.3. The van der Waals surface area contributed by atoms with Crippen LogP contribution in [0.1, 0.15) is 19.8 Å². The Morgan fingerprint density at radius 1 is 1.36 bits per heavy atom. The summed E-state index contributed by atoms with van der Waals surface area (Å²) in [7, 11) is -1.99. The van der Waals surface area contributed by atoms with Crippen molar-refractivity contribution in [2.24, 2.45) is 0 Å². The lowest BCUT2D eigenvalue weighted by molar-refractivity contribution is -0.164. The summed E-state index contributed by atoms with van der Waals surface area (Å²) in [5.74, 6) is -1.54. The van der Waals surface area contributed by atoms with E-state index in [1.807, 2.05) is 6.92 Å². The van der Waals surface area contributed by atoms with Gasteiger partial charge in [-0.1, -0.05) is 6.92 Å². The molecule has 0 aromatic heterocycles. The van der Waals surface area contributed by atoms with Gasteiger partial charge in [0.2, 0.25) is 0 Å². The van der Waals surface area contributed by atoms with Gasteiger partial charge in [-0.15, -0.1) is 0 Å². The van der Waals surface area contributed by atoms with E-state index in [0.29, 0.717) is 18.5 Å². The molecule has 11 heavy (non-hydrogen) atoms. The molecule has 0 atom stereocenters. The molecule has 1 aliphatic heterocycles. The summed E-state index contributed by atoms with van der Waals surface area (Å²) >= 11 is 0. The van der Waals surface area contributed by atoms with Crippen molar-refractivity contribution in [1.29, 1.82) is 0 Å². The van der Waals surface area contributed by atoms with Crippen molar-refractivity contribution in [1.82, 2.24) is 0 Å². The second-order valence-electron chi connectivity index (χ2n) is 3.30. The standard InChI is InChI=1S/C7H15O3P/c1-2-11(10)5-3-7(8,9)4-6-11/h8-9H,2-6H2,1H3. The largest absolute Gasteiger partial charge is 0.366 e. The number of rotatable bonds is 1. The van der Waals surface area contributed by atoms with Gasteiger partial charge in [0.05, 0.1) is 7.14 Å². The van der Waals surface area contributed by atoms with Crippen molar-refractivity contribution in [3.8, 4) is 0 Å². The molecule has 1 heterocycles. The van der Waals surface area contributed by atoms with Gasteiger partial charge in [-0.25, -0.2) is 0 Å². The predicted octanol–water partition coefficient (Wildman–Crippen LogP) is 0.844. The molecule has 0 saturated carbocycles. The van der Waals surface area contributed by atoms with E-state index in [0.717, 1.165) is 0 Å². The third kappa shape index (κ3) is 2.29. The van der Waals surface area contributed by atoms with Gasteiger partial charge in [0, 0.05) is 25.2 Å². The minimum atomic E-state index is -1.99. The molecule has 0 aromatic rings. The average molecular weight is 178 g/mol. The summed E-state index contributed by atoms with van der Waals surface area (Å²) in [6.45, 7) is 1.91. The maximum Gasteiger partial charge on any atom is 0.163 e. The second kappa shape index (κ2) is 2.89. The first kappa shape index (κ1) is 9.24. The highest BCUT2D eigenvalue weighted by Gasteiger charge is 2.35. The number of hydrogen-bond donors (Lipinski definition) is 2. The first-order valence-electron chi connectivity index (χ1n) is 3.99. The maximum absolute atomic E-state index is 11.7. The van der Waals surface area contributed by atoms with Crippen molar-refractivity contribution < 1.29 is 14.8 Å². The van der Waals surface area contributed by atoms with Gasteiger partial charge < -0.3 is 14.8 Å². The van der Waals surface area contributed by atoms with Gasteiger partial charge in [0.1, 0.15) is 0 Å². The van der Waals surface area contributed by atoms with E-state index in [2.05, 4.69) is 0 Å². The van der Waals surface area contributed by atoms with Crippen LogP contribution < -0.4 is 0 Å². The molecule has 0 amide bonds. The summed E-state index contributed by atoms with van der Waals surface area (Å²) in [6, 6.07) is 0. The highest BCUT2D eigenvalue weighted by Crippen LogP contribution is 2.51. The Bertz CT molecular complexity index is 174. The smallest absolute Gasteiger partial charge is 0.163 e. The lowest BCUT2D eigenvalue weighted by atomic mass is 10.1. The fraction of sp³-hybridized carbons (Fsp3) is 1.00. The molecule has 0 unspecified atom stereocenters. The Labute approximate surface area is 66.8 Å². The second-order valence-corrected chi connectivity index (χ2v) is 6.95. The average Bonchev–Trinajstić information content (AvgIpc) is 1.97. The molecular formula is C7H15O3P. The van der Waals surface area contributed by atoms with Gasteiger partial charge in [-0.2, -0.15) is 0 Å². The molecule has 1 saturated heterocycles. The van der Waals surface area contributed by atoms with E-state index in [-0.39, 0.29) is 12.8 Å². The van der Waals surface area contributed by atoms with Crippen LogP contribution in [0.2, 0.25) is 0 Å². The molecule has 2 N–H and O–H groups in total. The van der Waals surface area contributed by atoms with Gasteiger partial charge in [0.25, 0.3) is 0 Å². The summed E-state index contributed by atoms with van der Waals surface area (Å²) in [5.41, 5.74) is 0. The Balaban J connectivity index is 2.55. The third-order valence-electron chi connectivity index (χ3n) is 2.42. The molecule has 1 rings (SSSR count). The van der Waals surface area contributed by atoms with E-state index in [1.165, 1.54) is 0 Å². The third-order valence-corrected chi connectivity index (χ3v) is 5.65. The quantitative estimate of drug-likeness (QED) is 0.462. The highest BCUT2D eigenvalue weighted by molar-refractivity contribution is 7.63. The van der Waals surface area contributed by atoms with Crippen molar-refractivity contribution in [3.05, 3.63) is 0 Å². The summed E-state index contributed by atoms with van der Waals surface area (Å²) in [6.07, 6.45) is 2.24. The Kier molecular flexibility index (Phi) is 2.43. The lowest BCUT2D eigenvalue weighted by Gasteiger charge is -2.31. The molecule has 1 aliphatic rings. The van der Waals surface area contributed by atoms with E-state index in [1.54, 1.807) is 0 Å². The lowest BCUT2D eigenvalue weighted by Crippen LogP contribution is -2.34. The number of hydrogen-bond acceptors (Lipinski definition) is 3. The molecule has 0 aliphatic carbocycles. The normalized spacial score (nSPS) is 28.3. The molecule has 1 fully saturated rings. The van der Waals surface area contributed by atoms with Crippen LogP contribution in [-0.2, 0) is 4.57 Å². The molecular weight excluding hydrogens is 163 g/mol. The fourth-order valence-corrected chi connectivity index (χ4v) is 3.71. The molecule has 0 radical (unpaired) electrons. The van der Waals surface area contributed by atoms with Gasteiger partial charge in [0.15, 0.2) is 5.79 Å². The van der Waals surface area contributed by atoms with Gasteiger partial charge in [-0.3, -0.25) is 0 Å². The topological polar surface area (TPSA) is 57.5 Å². The van der Waals surface area contributed by atoms with Crippen LogP contribution in [0.3, 0.4) is 0 Å². The predicted molar refractivity (Wildman–Crippen MR) is 44.3 cm³/mol. The van der Waals surface area contributed by atoms with Crippen molar-refractivity contribution in [2.75, 3.05) is 18.5 Å². The Morgan fingerprint density at radius 2 is 1.82 bits per heavy atom. The highest BCUT2D eigenvalue weighted by atomic mass is 31.2. The van der Waals surface area contributed by atoms with Crippen molar-refractivity contribution >= 4 is 7.14 Å². The van der Waals surface area contributed by atoms with E-state index in [4.69, 9.17) is 10.2 Å². The minimum Gasteiger partial charge on any atom is -0.366 e. The zero-order valence-corrected chi connectivity index (χ0v) is 7.68. The zero-order valence-electron chi connectivity index (χ0n) is 6.79. The van der Waals surface area contributed by atoms with Gasteiger partial charge in [-0.05, 0) is 6.16 Å². The van der Waals surface area contributed by atoms with Crippen LogP contribution in [0, 0.1) is 0 Å². The van der Waals surface area contributed by atoms with Gasteiger partial charge >= 0.3 is 0 Å². The molecule has 0 bridgehead atoms. The van der Waals surface area contributed by atoms with Crippen LogP contribution in [-0.4, -0.2) is 34.5 Å². The monoisotopic (exact) mass is 178 g/mol. The van der Waals surface area contributed by atoms with Crippen LogP contribution in [0.25, 0.3) is 0 Å². The molecule has 0 spiro atoms. The summed E-state index contributed by atoms with van der Waals surface area (Å²) in [4.78, 5) is 0. The minimum absolute atomic E-state index is 0.276. The van der Waals surface area contributed by atoms with E-state index in [9.17, 15) is 4.57 Å². The molecule has 66 valence electrons. The maximum atomic E-state index is 11.7. The molecule has 3 nitrogen and oxygen atoms in total. The van der Waals surface area contributed by atoms with Crippen LogP contribution in [0.15, 0.2) is 0 Å². The Hall–Kier alpha value is 0.150. The Morgan fingerprint density at radius 3 is 2.18 bits per heavy atom. The van der Waals surface area contributed by atoms with Crippen molar-refractivity contribution in [3.63, 3.8) is 0 Å². The SMILES string of the molecule is CCP1(=O)CCC(O)(O)CC1. The van der Waals surface area contributed by atoms with Crippen molar-refractivity contribution in [2.45, 2.75) is 25.6 Å². The van der Waals surface area contributed by atoms with Crippen LogP contribution in [0.5, 0.6) is 0 Å².